The number of halogens is 3. The largest absolute Gasteiger partial charge is 0.418 e. The average molecular weight is 295 g/mol. The normalized spacial score (nSPS) is 13.4. The lowest BCUT2D eigenvalue weighted by atomic mass is 10.1. The number of nitrogens with zero attached hydrogens (tertiary/aromatic N) is 3. The third-order valence-electron chi connectivity index (χ3n) is 3.42. The van der Waals surface area contributed by atoms with Crippen LogP contribution in [0.3, 0.4) is 0 Å². The summed E-state index contributed by atoms with van der Waals surface area (Å²) in [6.07, 6.45) is 0.371. The molecule has 0 fully saturated rings. The Morgan fingerprint density at radius 2 is 1.90 bits per heavy atom. The fourth-order valence-electron chi connectivity index (χ4n) is 2.07. The number of aromatic nitrogens is 2. The Morgan fingerprint density at radius 1 is 1.19 bits per heavy atom. The van der Waals surface area contributed by atoms with Gasteiger partial charge in [0.05, 0.1) is 11.3 Å². The monoisotopic (exact) mass is 295 g/mol. The van der Waals surface area contributed by atoms with Gasteiger partial charge in [0.1, 0.15) is 0 Å². The molecule has 2 aromatic heterocycles. The van der Waals surface area contributed by atoms with Gasteiger partial charge in [0.25, 0.3) is 0 Å². The standard InChI is InChI=1S/C15H16F3N3/c1-11(12-5-3-7-19-9-12)21(2)10-14-13(15(16,17)18)6-4-8-20-14/h3-9,11H,10H2,1-2H3. The Bertz CT molecular complexity index is 584. The van der Waals surface area contributed by atoms with E-state index >= 15 is 0 Å². The van der Waals surface area contributed by atoms with Crippen molar-refractivity contribution < 1.29 is 13.2 Å². The number of pyridine rings is 2. The zero-order valence-corrected chi connectivity index (χ0v) is 11.8. The van der Waals surface area contributed by atoms with Crippen LogP contribution in [0.4, 0.5) is 13.2 Å². The first-order valence-corrected chi connectivity index (χ1v) is 6.51. The van der Waals surface area contributed by atoms with Crippen LogP contribution >= 0.6 is 0 Å². The van der Waals surface area contributed by atoms with Crippen LogP contribution < -0.4 is 0 Å². The third kappa shape index (κ3) is 3.78. The molecule has 3 nitrogen and oxygen atoms in total. The summed E-state index contributed by atoms with van der Waals surface area (Å²) in [5.41, 5.74) is 0.294. The molecular weight excluding hydrogens is 279 g/mol. The van der Waals surface area contributed by atoms with Crippen LogP contribution in [0.2, 0.25) is 0 Å². The fourth-order valence-corrected chi connectivity index (χ4v) is 2.07. The third-order valence-corrected chi connectivity index (χ3v) is 3.42. The molecule has 0 N–H and O–H groups in total. The molecular formula is C15H16F3N3. The quantitative estimate of drug-likeness (QED) is 0.861. The lowest BCUT2D eigenvalue weighted by Crippen LogP contribution is -2.24. The van der Waals surface area contributed by atoms with E-state index in [1.165, 1.54) is 12.3 Å². The van der Waals surface area contributed by atoms with Gasteiger partial charge in [-0.3, -0.25) is 14.9 Å². The first-order chi connectivity index (χ1) is 9.89. The smallest absolute Gasteiger partial charge is 0.294 e. The predicted molar refractivity (Wildman–Crippen MR) is 73.4 cm³/mol. The highest BCUT2D eigenvalue weighted by Crippen LogP contribution is 2.32. The van der Waals surface area contributed by atoms with Crippen molar-refractivity contribution in [3.05, 3.63) is 59.7 Å². The molecule has 0 radical (unpaired) electrons. The molecule has 6 heteroatoms. The molecule has 1 atom stereocenters. The molecule has 0 saturated heterocycles. The van der Waals surface area contributed by atoms with E-state index in [0.29, 0.717) is 0 Å². The Balaban J connectivity index is 2.19. The molecule has 2 heterocycles. The number of rotatable bonds is 4. The van der Waals surface area contributed by atoms with Gasteiger partial charge in [0.2, 0.25) is 0 Å². The molecule has 21 heavy (non-hydrogen) atoms. The Morgan fingerprint density at radius 3 is 2.52 bits per heavy atom. The van der Waals surface area contributed by atoms with Gasteiger partial charge in [-0.15, -0.1) is 0 Å². The first-order valence-electron chi connectivity index (χ1n) is 6.51. The molecule has 0 amide bonds. The topological polar surface area (TPSA) is 29.0 Å². The molecule has 0 aliphatic heterocycles. The van der Waals surface area contributed by atoms with Crippen LogP contribution in [-0.4, -0.2) is 21.9 Å². The lowest BCUT2D eigenvalue weighted by molar-refractivity contribution is -0.138. The second-order valence-electron chi connectivity index (χ2n) is 4.87. The molecule has 0 bridgehead atoms. The van der Waals surface area contributed by atoms with Crippen molar-refractivity contribution in [2.24, 2.45) is 0 Å². The van der Waals surface area contributed by atoms with Gasteiger partial charge in [-0.25, -0.2) is 0 Å². The van der Waals surface area contributed by atoms with E-state index in [0.717, 1.165) is 11.6 Å². The van der Waals surface area contributed by atoms with Crippen molar-refractivity contribution in [2.45, 2.75) is 25.7 Å². The highest BCUT2D eigenvalue weighted by atomic mass is 19.4. The van der Waals surface area contributed by atoms with Gasteiger partial charge in [-0.05, 0) is 37.7 Å². The van der Waals surface area contributed by atoms with Crippen molar-refractivity contribution in [3.8, 4) is 0 Å². The van der Waals surface area contributed by atoms with Gasteiger partial charge in [0.15, 0.2) is 0 Å². The Kier molecular flexibility index (Phi) is 4.57. The zero-order valence-electron chi connectivity index (χ0n) is 11.8. The van der Waals surface area contributed by atoms with Crippen molar-refractivity contribution >= 4 is 0 Å². The minimum atomic E-state index is -4.39. The molecule has 1 unspecified atom stereocenters. The lowest BCUT2D eigenvalue weighted by Gasteiger charge is -2.25. The highest BCUT2D eigenvalue weighted by Gasteiger charge is 2.34. The van der Waals surface area contributed by atoms with Crippen molar-refractivity contribution in [3.63, 3.8) is 0 Å². The van der Waals surface area contributed by atoms with Gasteiger partial charge < -0.3 is 0 Å². The highest BCUT2D eigenvalue weighted by molar-refractivity contribution is 5.23. The van der Waals surface area contributed by atoms with Gasteiger partial charge >= 0.3 is 6.18 Å². The summed E-state index contributed by atoms with van der Waals surface area (Å²) in [6.45, 7) is 2.04. The van der Waals surface area contributed by atoms with Crippen LogP contribution in [0.15, 0.2) is 42.9 Å². The van der Waals surface area contributed by atoms with E-state index in [4.69, 9.17) is 0 Å². The molecule has 0 aliphatic rings. The SMILES string of the molecule is CC(c1cccnc1)N(C)Cc1ncccc1C(F)(F)F. The molecule has 0 saturated carbocycles. The molecule has 0 spiro atoms. The maximum absolute atomic E-state index is 13.0. The predicted octanol–water partition coefficient (Wildman–Crippen LogP) is 3.69. The Hall–Kier alpha value is -1.95. The molecule has 2 rings (SSSR count). The van der Waals surface area contributed by atoms with Crippen molar-refractivity contribution in [2.75, 3.05) is 7.05 Å². The van der Waals surface area contributed by atoms with E-state index in [1.54, 1.807) is 19.4 Å². The zero-order chi connectivity index (χ0) is 15.5. The van der Waals surface area contributed by atoms with Crippen LogP contribution in [0.5, 0.6) is 0 Å². The van der Waals surface area contributed by atoms with Crippen LogP contribution in [0.25, 0.3) is 0 Å². The van der Waals surface area contributed by atoms with E-state index in [9.17, 15) is 13.2 Å². The van der Waals surface area contributed by atoms with E-state index < -0.39 is 11.7 Å². The van der Waals surface area contributed by atoms with Gasteiger partial charge in [0, 0.05) is 31.2 Å². The van der Waals surface area contributed by atoms with Crippen LogP contribution in [0, 0.1) is 0 Å². The summed E-state index contributed by atoms with van der Waals surface area (Å²) in [4.78, 5) is 9.73. The van der Waals surface area contributed by atoms with E-state index in [-0.39, 0.29) is 18.3 Å². The maximum atomic E-state index is 13.0. The summed E-state index contributed by atoms with van der Waals surface area (Å²) < 4.78 is 38.9. The van der Waals surface area contributed by atoms with E-state index in [2.05, 4.69) is 9.97 Å². The summed E-state index contributed by atoms with van der Waals surface area (Å²) >= 11 is 0. The summed E-state index contributed by atoms with van der Waals surface area (Å²) in [5.74, 6) is 0. The minimum Gasteiger partial charge on any atom is -0.294 e. The van der Waals surface area contributed by atoms with E-state index in [1.807, 2.05) is 24.0 Å². The van der Waals surface area contributed by atoms with Crippen molar-refractivity contribution in [1.29, 1.82) is 0 Å². The van der Waals surface area contributed by atoms with Gasteiger partial charge in [-0.2, -0.15) is 13.2 Å². The first kappa shape index (κ1) is 15.4. The average Bonchev–Trinajstić information content (AvgIpc) is 2.47. The van der Waals surface area contributed by atoms with Gasteiger partial charge in [-0.1, -0.05) is 6.07 Å². The molecule has 0 aliphatic carbocycles. The maximum Gasteiger partial charge on any atom is 0.418 e. The summed E-state index contributed by atoms with van der Waals surface area (Å²) in [5, 5.41) is 0. The van der Waals surface area contributed by atoms with Crippen LogP contribution in [0.1, 0.15) is 29.8 Å². The minimum absolute atomic E-state index is 0.0308. The van der Waals surface area contributed by atoms with Crippen LogP contribution in [-0.2, 0) is 12.7 Å². The number of hydrogen-bond acceptors (Lipinski definition) is 3. The molecule has 112 valence electrons. The number of alkyl halides is 3. The number of hydrogen-bond donors (Lipinski definition) is 0. The summed E-state index contributed by atoms with van der Waals surface area (Å²) in [6, 6.07) is 6.02. The molecule has 0 aromatic carbocycles. The van der Waals surface area contributed by atoms with Crippen molar-refractivity contribution in [1.82, 2.24) is 14.9 Å². The Labute approximate surface area is 121 Å². The molecule has 2 aromatic rings. The summed E-state index contributed by atoms with van der Waals surface area (Å²) in [7, 11) is 1.77. The second-order valence-corrected chi connectivity index (χ2v) is 4.87. The fraction of sp³-hybridized carbons (Fsp3) is 0.333. The second kappa shape index (κ2) is 6.22.